The van der Waals surface area contributed by atoms with Crippen LogP contribution in [0.25, 0.3) is 44.2 Å². The fraction of sp³-hybridized carbons (Fsp3) is 0.280. The first-order chi connectivity index (χ1) is 24.6. The zero-order valence-corrected chi connectivity index (χ0v) is 32.3. The largest absolute Gasteiger partial charge is 0.456 e. The molecular formula is C50H49NO. The minimum Gasteiger partial charge on any atom is -0.456 e. The van der Waals surface area contributed by atoms with Crippen LogP contribution in [0.15, 0.2) is 120 Å². The predicted octanol–water partition coefficient (Wildman–Crippen LogP) is 14.3. The van der Waals surface area contributed by atoms with Crippen molar-refractivity contribution in [2.24, 2.45) is 0 Å². The highest BCUT2D eigenvalue weighted by Gasteiger charge is 2.40. The van der Waals surface area contributed by atoms with Crippen molar-refractivity contribution >= 4 is 39.0 Å². The molecule has 0 radical (unpaired) electrons. The molecule has 2 aliphatic rings. The predicted molar refractivity (Wildman–Crippen MR) is 221 cm³/mol. The van der Waals surface area contributed by atoms with Crippen molar-refractivity contribution in [2.75, 3.05) is 4.90 Å². The number of benzene rings is 6. The van der Waals surface area contributed by atoms with E-state index < -0.39 is 0 Å². The van der Waals surface area contributed by atoms with E-state index >= 15 is 0 Å². The molecule has 0 atom stereocenters. The lowest BCUT2D eigenvalue weighted by Crippen LogP contribution is -2.22. The monoisotopic (exact) mass is 679 g/mol. The molecule has 2 heteroatoms. The maximum absolute atomic E-state index is 6.52. The van der Waals surface area contributed by atoms with E-state index in [1.807, 2.05) is 0 Å². The molecule has 0 N–H and O–H groups in total. The van der Waals surface area contributed by atoms with Gasteiger partial charge in [-0.15, -0.1) is 0 Å². The molecule has 7 aromatic rings. The second-order valence-corrected chi connectivity index (χ2v) is 18.3. The van der Waals surface area contributed by atoms with Gasteiger partial charge in [-0.3, -0.25) is 0 Å². The van der Waals surface area contributed by atoms with E-state index in [0.717, 1.165) is 33.3 Å². The average molecular weight is 680 g/mol. The minimum absolute atomic E-state index is 0.0749. The number of fused-ring (bicyclic) bond motifs is 9. The molecule has 2 aliphatic carbocycles. The number of anilines is 3. The molecule has 1 aromatic heterocycles. The molecule has 260 valence electrons. The van der Waals surface area contributed by atoms with Crippen LogP contribution in [0.3, 0.4) is 0 Å². The molecule has 6 aromatic carbocycles. The van der Waals surface area contributed by atoms with Gasteiger partial charge in [0.05, 0.1) is 16.8 Å². The Morgan fingerprint density at radius 1 is 0.481 bits per heavy atom. The Bertz CT molecular complexity index is 2600. The van der Waals surface area contributed by atoms with Crippen LogP contribution in [-0.2, 0) is 21.7 Å². The molecule has 0 saturated carbocycles. The van der Waals surface area contributed by atoms with Gasteiger partial charge in [0.2, 0.25) is 0 Å². The summed E-state index contributed by atoms with van der Waals surface area (Å²) in [5.41, 5.74) is 18.6. The Morgan fingerprint density at radius 3 is 1.87 bits per heavy atom. The van der Waals surface area contributed by atoms with Gasteiger partial charge in [0.1, 0.15) is 11.2 Å². The van der Waals surface area contributed by atoms with Crippen LogP contribution in [0.5, 0.6) is 0 Å². The van der Waals surface area contributed by atoms with Gasteiger partial charge in [0.15, 0.2) is 0 Å². The van der Waals surface area contributed by atoms with E-state index in [9.17, 15) is 0 Å². The average Bonchev–Trinajstić information content (AvgIpc) is 3.67. The Morgan fingerprint density at radius 2 is 1.10 bits per heavy atom. The van der Waals surface area contributed by atoms with Crippen molar-refractivity contribution in [1.82, 2.24) is 0 Å². The van der Waals surface area contributed by atoms with E-state index in [-0.39, 0.29) is 21.7 Å². The second-order valence-electron chi connectivity index (χ2n) is 18.3. The number of para-hydroxylation sites is 1. The fourth-order valence-corrected chi connectivity index (χ4v) is 9.20. The maximum Gasteiger partial charge on any atom is 0.137 e. The van der Waals surface area contributed by atoms with Crippen LogP contribution in [0.1, 0.15) is 103 Å². The second kappa shape index (κ2) is 10.7. The number of nitrogens with zero attached hydrogens (tertiary/aromatic N) is 1. The van der Waals surface area contributed by atoms with E-state index in [1.165, 1.54) is 61.3 Å². The summed E-state index contributed by atoms with van der Waals surface area (Å²) in [6.07, 6.45) is 0. The summed E-state index contributed by atoms with van der Waals surface area (Å²) in [4.78, 5) is 2.54. The van der Waals surface area contributed by atoms with Gasteiger partial charge < -0.3 is 9.32 Å². The van der Waals surface area contributed by atoms with Crippen LogP contribution in [0, 0.1) is 0 Å². The van der Waals surface area contributed by atoms with Crippen LogP contribution < -0.4 is 4.90 Å². The summed E-state index contributed by atoms with van der Waals surface area (Å²) in [5.74, 6) is 0. The molecule has 9 rings (SSSR count). The molecule has 0 aliphatic heterocycles. The van der Waals surface area contributed by atoms with Crippen molar-refractivity contribution < 1.29 is 4.42 Å². The number of furan rings is 1. The highest BCUT2D eigenvalue weighted by atomic mass is 16.3. The van der Waals surface area contributed by atoms with Crippen LogP contribution >= 0.6 is 0 Å². The molecule has 0 amide bonds. The SMILES string of the molecule is CC(C)(C)c1ccc2c(c1)C(C)(C)c1cc(C(C)(C)C)c(N(c3ccc4c(c3)C(C)(C)c3ccccc3-4)c3cccc4oc5ccccc5c34)cc1-2. The van der Waals surface area contributed by atoms with Crippen molar-refractivity contribution in [3.63, 3.8) is 0 Å². The fourth-order valence-electron chi connectivity index (χ4n) is 9.20. The molecular weight excluding hydrogens is 631 g/mol. The topological polar surface area (TPSA) is 16.4 Å². The van der Waals surface area contributed by atoms with Crippen molar-refractivity contribution in [2.45, 2.75) is 90.9 Å². The van der Waals surface area contributed by atoms with Crippen molar-refractivity contribution in [3.8, 4) is 22.3 Å². The summed E-state index contributed by atoms with van der Waals surface area (Å²) in [7, 11) is 0. The first kappa shape index (κ1) is 32.8. The van der Waals surface area contributed by atoms with Crippen molar-refractivity contribution in [3.05, 3.63) is 149 Å². The highest BCUT2D eigenvalue weighted by molar-refractivity contribution is 6.13. The Balaban J connectivity index is 1.37. The zero-order chi connectivity index (χ0) is 36.5. The van der Waals surface area contributed by atoms with Crippen molar-refractivity contribution in [1.29, 1.82) is 0 Å². The Kier molecular flexibility index (Phi) is 6.77. The molecule has 2 nitrogen and oxygen atoms in total. The van der Waals surface area contributed by atoms with Gasteiger partial charge in [-0.05, 0) is 103 Å². The first-order valence-corrected chi connectivity index (χ1v) is 18.9. The third-order valence-electron chi connectivity index (χ3n) is 12.2. The number of rotatable bonds is 3. The maximum atomic E-state index is 6.52. The molecule has 0 bridgehead atoms. The number of hydrogen-bond acceptors (Lipinski definition) is 2. The molecule has 1 heterocycles. The van der Waals surface area contributed by atoms with Gasteiger partial charge in [-0.1, -0.05) is 148 Å². The van der Waals surface area contributed by atoms with E-state index in [0.29, 0.717) is 0 Å². The Hall–Kier alpha value is -5.08. The van der Waals surface area contributed by atoms with Gasteiger partial charge in [-0.25, -0.2) is 0 Å². The van der Waals surface area contributed by atoms with E-state index in [1.54, 1.807) is 0 Å². The Labute approximate surface area is 309 Å². The standard InChI is InChI=1S/C50H49NO/c1-47(2,3)30-22-24-34-36-28-43(41(48(4,5)6)29-40(36)50(9,10)38(34)26-30)51(42-19-15-21-45-46(42)35-17-12-14-20-44(35)52-45)31-23-25-33-32-16-11-13-18-37(32)49(7,8)39(33)27-31/h11-29H,1-10H3. The van der Waals surface area contributed by atoms with Gasteiger partial charge in [-0.2, -0.15) is 0 Å². The summed E-state index contributed by atoms with van der Waals surface area (Å²) in [6, 6.07) is 43.3. The molecule has 0 fully saturated rings. The molecule has 0 saturated heterocycles. The third-order valence-corrected chi connectivity index (χ3v) is 12.2. The van der Waals surface area contributed by atoms with Gasteiger partial charge >= 0.3 is 0 Å². The zero-order valence-electron chi connectivity index (χ0n) is 32.3. The first-order valence-electron chi connectivity index (χ1n) is 18.9. The molecule has 52 heavy (non-hydrogen) atoms. The smallest absolute Gasteiger partial charge is 0.137 e. The summed E-state index contributed by atoms with van der Waals surface area (Å²) < 4.78 is 6.52. The van der Waals surface area contributed by atoms with E-state index in [4.69, 9.17) is 4.42 Å². The minimum atomic E-state index is -0.136. The summed E-state index contributed by atoms with van der Waals surface area (Å²) in [6.45, 7) is 23.6. The lowest BCUT2D eigenvalue weighted by Gasteiger charge is -2.35. The summed E-state index contributed by atoms with van der Waals surface area (Å²) in [5, 5.41) is 2.27. The lowest BCUT2D eigenvalue weighted by molar-refractivity contribution is 0.580. The highest BCUT2D eigenvalue weighted by Crippen LogP contribution is 2.56. The normalized spacial score (nSPS) is 15.4. The summed E-state index contributed by atoms with van der Waals surface area (Å²) >= 11 is 0. The van der Waals surface area contributed by atoms with Crippen LogP contribution in [0.4, 0.5) is 17.1 Å². The van der Waals surface area contributed by atoms with Crippen LogP contribution in [-0.4, -0.2) is 0 Å². The van der Waals surface area contributed by atoms with Gasteiger partial charge in [0.25, 0.3) is 0 Å². The third kappa shape index (κ3) is 4.62. The number of hydrogen-bond donors (Lipinski definition) is 0. The molecule has 0 spiro atoms. The van der Waals surface area contributed by atoms with Crippen LogP contribution in [0.2, 0.25) is 0 Å². The molecule has 0 unspecified atom stereocenters. The van der Waals surface area contributed by atoms with E-state index in [2.05, 4.69) is 189 Å². The lowest BCUT2D eigenvalue weighted by atomic mass is 9.77. The quantitative estimate of drug-likeness (QED) is 0.185. The van der Waals surface area contributed by atoms with Gasteiger partial charge in [0, 0.05) is 21.9 Å².